The fraction of sp³-hybridized carbons (Fsp3) is 0.333. The first-order chi connectivity index (χ1) is 12.2. The molecule has 4 heteroatoms. The molecule has 2 aromatic rings. The summed E-state index contributed by atoms with van der Waals surface area (Å²) < 4.78 is 0. The molecular formula is C21H22N2O2. The molecule has 4 nitrogen and oxygen atoms in total. The van der Waals surface area contributed by atoms with E-state index < -0.39 is 6.04 Å². The van der Waals surface area contributed by atoms with Crippen LogP contribution in [0, 0.1) is 0 Å². The van der Waals surface area contributed by atoms with Crippen LogP contribution in [0.2, 0.25) is 0 Å². The number of aryl methyl sites for hydroxylation is 1. The van der Waals surface area contributed by atoms with Gasteiger partial charge in [-0.1, -0.05) is 42.5 Å². The lowest BCUT2D eigenvalue weighted by Crippen LogP contribution is -2.41. The number of fused-ring (bicyclic) bond motifs is 1. The van der Waals surface area contributed by atoms with Crippen molar-refractivity contribution in [3.8, 4) is 0 Å². The molecule has 0 radical (unpaired) electrons. The van der Waals surface area contributed by atoms with E-state index in [4.69, 9.17) is 0 Å². The average Bonchev–Trinajstić information content (AvgIpc) is 3.24. The molecule has 2 amide bonds. The summed E-state index contributed by atoms with van der Waals surface area (Å²) >= 11 is 0. The Kier molecular flexibility index (Phi) is 4.26. The number of nitrogens with zero attached hydrogens (tertiary/aromatic N) is 1. The zero-order valence-electron chi connectivity index (χ0n) is 14.2. The Balaban J connectivity index is 1.43. The SMILES string of the molecule is O=C(NC1CCN(Cc2ccccc2)C1=O)c1cccc2c1CCC2. The minimum Gasteiger partial charge on any atom is -0.340 e. The molecule has 1 atom stereocenters. The first kappa shape index (κ1) is 15.9. The second-order valence-corrected chi connectivity index (χ2v) is 6.86. The fourth-order valence-electron chi connectivity index (χ4n) is 3.90. The highest BCUT2D eigenvalue weighted by Crippen LogP contribution is 2.25. The summed E-state index contributed by atoms with van der Waals surface area (Å²) in [6, 6.07) is 15.5. The van der Waals surface area contributed by atoms with E-state index in [1.807, 2.05) is 47.4 Å². The Morgan fingerprint density at radius 2 is 1.92 bits per heavy atom. The third-order valence-electron chi connectivity index (χ3n) is 5.21. The van der Waals surface area contributed by atoms with Crippen molar-refractivity contribution >= 4 is 11.8 Å². The number of rotatable bonds is 4. The van der Waals surface area contributed by atoms with E-state index in [0.717, 1.165) is 36.0 Å². The van der Waals surface area contributed by atoms with Gasteiger partial charge in [0.25, 0.3) is 5.91 Å². The van der Waals surface area contributed by atoms with Gasteiger partial charge in [-0.3, -0.25) is 9.59 Å². The summed E-state index contributed by atoms with van der Waals surface area (Å²) in [5.74, 6) is -0.0940. The molecule has 2 aliphatic rings. The Hall–Kier alpha value is -2.62. The minimum atomic E-state index is -0.409. The second-order valence-electron chi connectivity index (χ2n) is 6.86. The monoisotopic (exact) mass is 334 g/mol. The molecule has 4 rings (SSSR count). The van der Waals surface area contributed by atoms with Gasteiger partial charge in [0.1, 0.15) is 6.04 Å². The molecule has 25 heavy (non-hydrogen) atoms. The maximum Gasteiger partial charge on any atom is 0.252 e. The molecular weight excluding hydrogens is 312 g/mol. The number of amides is 2. The number of hydrogen-bond donors (Lipinski definition) is 1. The normalized spacial score (nSPS) is 19.1. The summed E-state index contributed by atoms with van der Waals surface area (Å²) in [5, 5.41) is 2.96. The van der Waals surface area contributed by atoms with Crippen molar-refractivity contribution in [3.05, 3.63) is 70.8 Å². The van der Waals surface area contributed by atoms with E-state index in [0.29, 0.717) is 19.5 Å². The van der Waals surface area contributed by atoms with Gasteiger partial charge in [0, 0.05) is 18.7 Å². The van der Waals surface area contributed by atoms with E-state index in [-0.39, 0.29) is 11.8 Å². The Morgan fingerprint density at radius 3 is 2.76 bits per heavy atom. The van der Waals surface area contributed by atoms with Crippen LogP contribution in [0.3, 0.4) is 0 Å². The zero-order chi connectivity index (χ0) is 17.2. The predicted molar refractivity (Wildman–Crippen MR) is 96.2 cm³/mol. The van der Waals surface area contributed by atoms with Crippen LogP contribution in [0.15, 0.2) is 48.5 Å². The standard InChI is InChI=1S/C21H22N2O2/c24-20(18-11-5-9-16-8-4-10-17(16)18)22-19-12-13-23(21(19)25)14-15-6-2-1-3-7-15/h1-3,5-7,9,11,19H,4,8,10,12-14H2,(H,22,24). The smallest absolute Gasteiger partial charge is 0.252 e. The number of carbonyl (C=O) groups is 2. The van der Waals surface area contributed by atoms with Gasteiger partial charge in [-0.2, -0.15) is 0 Å². The summed E-state index contributed by atoms with van der Waals surface area (Å²) in [7, 11) is 0. The summed E-state index contributed by atoms with van der Waals surface area (Å²) in [4.78, 5) is 27.1. The molecule has 0 saturated carbocycles. The highest BCUT2D eigenvalue weighted by Gasteiger charge is 2.33. The largest absolute Gasteiger partial charge is 0.340 e. The quantitative estimate of drug-likeness (QED) is 0.935. The molecule has 1 fully saturated rings. The summed E-state index contributed by atoms with van der Waals surface area (Å²) in [6.07, 6.45) is 3.78. The minimum absolute atomic E-state index is 0.0183. The lowest BCUT2D eigenvalue weighted by atomic mass is 10.0. The number of benzene rings is 2. The molecule has 2 aromatic carbocycles. The van der Waals surface area contributed by atoms with E-state index in [2.05, 4.69) is 11.4 Å². The maximum atomic E-state index is 12.7. The van der Waals surface area contributed by atoms with Crippen molar-refractivity contribution in [3.63, 3.8) is 0 Å². The Labute approximate surface area is 147 Å². The first-order valence-electron chi connectivity index (χ1n) is 8.97. The van der Waals surface area contributed by atoms with Crippen LogP contribution in [-0.4, -0.2) is 29.3 Å². The van der Waals surface area contributed by atoms with Crippen LogP contribution in [0.25, 0.3) is 0 Å². The van der Waals surface area contributed by atoms with Crippen molar-refractivity contribution in [1.29, 1.82) is 0 Å². The fourth-order valence-corrected chi connectivity index (χ4v) is 3.90. The highest BCUT2D eigenvalue weighted by molar-refractivity contribution is 5.99. The van der Waals surface area contributed by atoms with Crippen LogP contribution in [-0.2, 0) is 24.2 Å². The number of carbonyl (C=O) groups excluding carboxylic acids is 2. The van der Waals surface area contributed by atoms with Gasteiger partial charge in [-0.15, -0.1) is 0 Å². The summed E-state index contributed by atoms with van der Waals surface area (Å²) in [5.41, 5.74) is 4.29. The van der Waals surface area contributed by atoms with E-state index in [9.17, 15) is 9.59 Å². The topological polar surface area (TPSA) is 49.4 Å². The third-order valence-corrected chi connectivity index (χ3v) is 5.21. The molecule has 1 heterocycles. The van der Waals surface area contributed by atoms with Crippen LogP contribution in [0.4, 0.5) is 0 Å². The molecule has 0 aromatic heterocycles. The lowest BCUT2D eigenvalue weighted by molar-refractivity contribution is -0.129. The van der Waals surface area contributed by atoms with Gasteiger partial charge in [0.15, 0.2) is 0 Å². The van der Waals surface area contributed by atoms with Gasteiger partial charge in [0.2, 0.25) is 5.91 Å². The van der Waals surface area contributed by atoms with Crippen LogP contribution in [0.1, 0.15) is 39.9 Å². The molecule has 0 spiro atoms. The van der Waals surface area contributed by atoms with Gasteiger partial charge in [-0.25, -0.2) is 0 Å². The molecule has 0 bridgehead atoms. The molecule has 128 valence electrons. The number of nitrogens with one attached hydrogen (secondary N) is 1. The lowest BCUT2D eigenvalue weighted by Gasteiger charge is -2.17. The van der Waals surface area contributed by atoms with Crippen molar-refractivity contribution < 1.29 is 9.59 Å². The van der Waals surface area contributed by atoms with E-state index >= 15 is 0 Å². The van der Waals surface area contributed by atoms with Crippen LogP contribution < -0.4 is 5.32 Å². The zero-order valence-corrected chi connectivity index (χ0v) is 14.2. The van der Waals surface area contributed by atoms with Gasteiger partial charge >= 0.3 is 0 Å². The van der Waals surface area contributed by atoms with Crippen molar-refractivity contribution in [1.82, 2.24) is 10.2 Å². The average molecular weight is 334 g/mol. The molecule has 1 unspecified atom stereocenters. The van der Waals surface area contributed by atoms with Crippen LogP contribution >= 0.6 is 0 Å². The van der Waals surface area contributed by atoms with Crippen molar-refractivity contribution in [2.45, 2.75) is 38.3 Å². The van der Waals surface area contributed by atoms with Crippen LogP contribution in [0.5, 0.6) is 0 Å². The van der Waals surface area contributed by atoms with E-state index in [1.54, 1.807) is 0 Å². The number of hydrogen-bond acceptors (Lipinski definition) is 2. The van der Waals surface area contributed by atoms with Gasteiger partial charge in [0.05, 0.1) is 0 Å². The summed E-state index contributed by atoms with van der Waals surface area (Å²) in [6.45, 7) is 1.29. The third kappa shape index (κ3) is 3.16. The molecule has 1 N–H and O–H groups in total. The number of likely N-dealkylation sites (tertiary alicyclic amines) is 1. The Morgan fingerprint density at radius 1 is 1.08 bits per heavy atom. The molecule has 1 aliphatic heterocycles. The van der Waals surface area contributed by atoms with E-state index in [1.165, 1.54) is 5.56 Å². The predicted octanol–water partition coefficient (Wildman–Crippen LogP) is 2.71. The van der Waals surface area contributed by atoms with Crippen molar-refractivity contribution in [2.24, 2.45) is 0 Å². The van der Waals surface area contributed by atoms with Crippen molar-refractivity contribution in [2.75, 3.05) is 6.54 Å². The van der Waals surface area contributed by atoms with Gasteiger partial charge in [-0.05, 0) is 48.4 Å². The highest BCUT2D eigenvalue weighted by atomic mass is 16.2. The first-order valence-corrected chi connectivity index (χ1v) is 8.97. The molecule has 1 saturated heterocycles. The van der Waals surface area contributed by atoms with Gasteiger partial charge < -0.3 is 10.2 Å². The molecule has 1 aliphatic carbocycles. The second kappa shape index (κ2) is 6.71. The Bertz CT molecular complexity index is 801. The maximum absolute atomic E-state index is 12.7.